The molecule has 1 heterocycles. The Labute approximate surface area is 110 Å². The van der Waals surface area contributed by atoms with Crippen LogP contribution in [0.1, 0.15) is 27.7 Å². The molecule has 0 aliphatic carbocycles. The Morgan fingerprint density at radius 1 is 1.31 bits per heavy atom. The average molecular weight is 326 g/mol. The van der Waals surface area contributed by atoms with Crippen molar-refractivity contribution in [3.63, 3.8) is 0 Å². The number of benzene rings is 1. The molecule has 0 fully saturated rings. The van der Waals surface area contributed by atoms with Gasteiger partial charge in [0.1, 0.15) is 0 Å². The lowest BCUT2D eigenvalue weighted by Crippen LogP contribution is -1.90. The number of aromatic nitrogens is 2. The molecule has 3 heteroatoms. The van der Waals surface area contributed by atoms with Crippen LogP contribution in [0.15, 0.2) is 36.8 Å². The number of aryl methyl sites for hydroxylation is 1. The quantitative estimate of drug-likeness (QED) is 0.623. The summed E-state index contributed by atoms with van der Waals surface area (Å²) in [6.45, 7) is 2.20. The van der Waals surface area contributed by atoms with Crippen LogP contribution >= 0.6 is 22.6 Å². The Bertz CT molecular complexity index is 457. The lowest BCUT2D eigenvalue weighted by atomic mass is 10.1. The van der Waals surface area contributed by atoms with Crippen molar-refractivity contribution in [1.29, 1.82) is 0 Å². The number of nitrogens with zero attached hydrogens (tertiary/aromatic N) is 2. The van der Waals surface area contributed by atoms with Crippen LogP contribution in [-0.2, 0) is 13.5 Å². The third kappa shape index (κ3) is 2.84. The maximum atomic E-state index is 4.33. The van der Waals surface area contributed by atoms with Gasteiger partial charge in [0, 0.05) is 23.6 Å². The fraction of sp³-hybridized carbons (Fsp3) is 0.308. The Morgan fingerprint density at radius 2 is 2.00 bits per heavy atom. The smallest absolute Gasteiger partial charge is 0.0946 e. The predicted octanol–water partition coefficient (Wildman–Crippen LogP) is 3.51. The van der Waals surface area contributed by atoms with Crippen LogP contribution in [0, 0.1) is 0 Å². The van der Waals surface area contributed by atoms with Gasteiger partial charge in [-0.1, -0.05) is 46.9 Å². The first-order valence-electron chi connectivity index (χ1n) is 5.35. The van der Waals surface area contributed by atoms with Crippen molar-refractivity contribution in [1.82, 2.24) is 9.55 Å². The van der Waals surface area contributed by atoms with E-state index in [-0.39, 0.29) is 0 Å². The average Bonchev–Trinajstić information content (AvgIpc) is 2.65. The summed E-state index contributed by atoms with van der Waals surface area (Å²) in [6, 6.07) is 8.79. The van der Waals surface area contributed by atoms with Crippen molar-refractivity contribution in [3.05, 3.63) is 53.6 Å². The van der Waals surface area contributed by atoms with E-state index >= 15 is 0 Å². The molecule has 2 rings (SSSR count). The van der Waals surface area contributed by atoms with E-state index in [9.17, 15) is 0 Å². The van der Waals surface area contributed by atoms with Crippen molar-refractivity contribution < 1.29 is 0 Å². The molecule has 0 spiro atoms. The first-order valence-corrected chi connectivity index (χ1v) is 6.59. The molecule has 0 amide bonds. The summed E-state index contributed by atoms with van der Waals surface area (Å²) < 4.78 is 2.55. The Hall–Kier alpha value is -0.840. The number of imidazole rings is 1. The summed E-state index contributed by atoms with van der Waals surface area (Å²) in [7, 11) is 2.00. The van der Waals surface area contributed by atoms with Gasteiger partial charge in [0.25, 0.3) is 0 Å². The van der Waals surface area contributed by atoms with Gasteiger partial charge in [-0.2, -0.15) is 0 Å². The zero-order valence-corrected chi connectivity index (χ0v) is 11.7. The number of alkyl halides is 1. The number of rotatable bonds is 3. The van der Waals surface area contributed by atoms with Crippen molar-refractivity contribution in [3.8, 4) is 0 Å². The molecule has 2 aromatic rings. The maximum Gasteiger partial charge on any atom is 0.0946 e. The SMILES string of the molecule is CC(I)c1ccc(Cc2cn(C)cn2)cc1. The highest BCUT2D eigenvalue weighted by Gasteiger charge is 2.02. The first-order chi connectivity index (χ1) is 7.65. The number of hydrogen-bond donors (Lipinski definition) is 0. The van der Waals surface area contributed by atoms with Gasteiger partial charge in [0.15, 0.2) is 0 Å². The molecule has 1 aromatic heterocycles. The molecule has 2 nitrogen and oxygen atoms in total. The molecule has 16 heavy (non-hydrogen) atoms. The van der Waals surface area contributed by atoms with E-state index < -0.39 is 0 Å². The lowest BCUT2D eigenvalue weighted by Gasteiger charge is -2.04. The summed E-state index contributed by atoms with van der Waals surface area (Å²) in [5.41, 5.74) is 3.82. The van der Waals surface area contributed by atoms with Crippen molar-refractivity contribution in [2.75, 3.05) is 0 Å². The van der Waals surface area contributed by atoms with Crippen molar-refractivity contribution >= 4 is 22.6 Å². The first kappa shape index (κ1) is 11.6. The van der Waals surface area contributed by atoms with E-state index in [1.807, 2.05) is 17.9 Å². The highest BCUT2D eigenvalue weighted by atomic mass is 127. The minimum atomic E-state index is 0.571. The van der Waals surface area contributed by atoms with Crippen LogP contribution in [0.25, 0.3) is 0 Å². The largest absolute Gasteiger partial charge is 0.340 e. The van der Waals surface area contributed by atoms with Gasteiger partial charge in [-0.25, -0.2) is 4.98 Å². The molecule has 1 unspecified atom stereocenters. The molecule has 1 aromatic carbocycles. The highest BCUT2D eigenvalue weighted by Crippen LogP contribution is 2.22. The van der Waals surface area contributed by atoms with Gasteiger partial charge in [-0.3, -0.25) is 0 Å². The van der Waals surface area contributed by atoms with E-state index in [0.717, 1.165) is 12.1 Å². The van der Waals surface area contributed by atoms with Crippen LogP contribution in [0.4, 0.5) is 0 Å². The molecule has 0 N–H and O–H groups in total. The predicted molar refractivity (Wildman–Crippen MR) is 74.9 cm³/mol. The third-order valence-electron chi connectivity index (χ3n) is 2.58. The van der Waals surface area contributed by atoms with Crippen LogP contribution in [0.5, 0.6) is 0 Å². The zero-order valence-electron chi connectivity index (χ0n) is 9.52. The van der Waals surface area contributed by atoms with Crippen LogP contribution in [0.2, 0.25) is 0 Å². The van der Waals surface area contributed by atoms with E-state index in [1.54, 1.807) is 0 Å². The number of hydrogen-bond acceptors (Lipinski definition) is 1. The summed E-state index contributed by atoms with van der Waals surface area (Å²) in [5, 5.41) is 0. The molecule has 0 aliphatic heterocycles. The molecule has 0 aliphatic rings. The molecule has 84 valence electrons. The Morgan fingerprint density at radius 3 is 2.50 bits per heavy atom. The monoisotopic (exact) mass is 326 g/mol. The minimum Gasteiger partial charge on any atom is -0.340 e. The molecular formula is C13H15IN2. The summed E-state index contributed by atoms with van der Waals surface area (Å²) in [4.78, 5) is 4.33. The zero-order chi connectivity index (χ0) is 11.5. The second-order valence-corrected chi connectivity index (χ2v) is 5.93. The number of halogens is 1. The molecular weight excluding hydrogens is 311 g/mol. The topological polar surface area (TPSA) is 17.8 Å². The standard InChI is InChI=1S/C13H15IN2/c1-10(14)12-5-3-11(4-6-12)7-13-8-16(2)9-15-13/h3-6,8-10H,7H2,1-2H3. The van der Waals surface area contributed by atoms with Crippen LogP contribution < -0.4 is 0 Å². The van der Waals surface area contributed by atoms with E-state index in [0.29, 0.717) is 3.92 Å². The normalized spacial score (nSPS) is 12.7. The van der Waals surface area contributed by atoms with Gasteiger partial charge in [-0.05, 0) is 18.1 Å². The van der Waals surface area contributed by atoms with Gasteiger partial charge in [0.2, 0.25) is 0 Å². The fourth-order valence-corrected chi connectivity index (χ4v) is 2.08. The third-order valence-corrected chi connectivity index (χ3v) is 3.30. The van der Waals surface area contributed by atoms with Crippen LogP contribution in [-0.4, -0.2) is 9.55 Å². The lowest BCUT2D eigenvalue weighted by molar-refractivity contribution is 0.912. The minimum absolute atomic E-state index is 0.571. The van der Waals surface area contributed by atoms with Crippen molar-refractivity contribution in [2.45, 2.75) is 17.3 Å². The Balaban J connectivity index is 2.11. The van der Waals surface area contributed by atoms with Gasteiger partial charge in [0.05, 0.1) is 12.0 Å². The van der Waals surface area contributed by atoms with Gasteiger partial charge >= 0.3 is 0 Å². The molecule has 0 bridgehead atoms. The highest BCUT2D eigenvalue weighted by molar-refractivity contribution is 14.1. The summed E-state index contributed by atoms with van der Waals surface area (Å²) in [6.07, 6.45) is 4.82. The second kappa shape index (κ2) is 4.99. The Kier molecular flexibility index (Phi) is 3.63. The van der Waals surface area contributed by atoms with E-state index in [4.69, 9.17) is 0 Å². The molecule has 0 saturated heterocycles. The van der Waals surface area contributed by atoms with Gasteiger partial charge in [-0.15, -0.1) is 0 Å². The van der Waals surface area contributed by atoms with Crippen LogP contribution in [0.3, 0.4) is 0 Å². The van der Waals surface area contributed by atoms with Crippen molar-refractivity contribution in [2.24, 2.45) is 7.05 Å². The summed E-state index contributed by atoms with van der Waals surface area (Å²) in [5.74, 6) is 0. The second-order valence-electron chi connectivity index (χ2n) is 4.06. The fourth-order valence-electron chi connectivity index (χ4n) is 1.67. The van der Waals surface area contributed by atoms with E-state index in [1.165, 1.54) is 11.1 Å². The molecule has 0 saturated carbocycles. The van der Waals surface area contributed by atoms with E-state index in [2.05, 4.69) is 65.0 Å². The molecule has 0 radical (unpaired) electrons. The maximum absolute atomic E-state index is 4.33. The molecule has 1 atom stereocenters. The summed E-state index contributed by atoms with van der Waals surface area (Å²) >= 11 is 2.43. The van der Waals surface area contributed by atoms with Gasteiger partial charge < -0.3 is 4.57 Å².